The second-order valence-electron chi connectivity index (χ2n) is 4.50. The molecule has 0 fully saturated rings. The lowest BCUT2D eigenvalue weighted by Gasteiger charge is -1.98. The summed E-state index contributed by atoms with van der Waals surface area (Å²) >= 11 is 2.66. The lowest BCUT2D eigenvalue weighted by Crippen LogP contribution is -1.97. The van der Waals surface area contributed by atoms with Crippen LogP contribution in [0.1, 0.15) is 24.4 Å². The average molecular weight is 298 g/mol. The molecule has 2 heterocycles. The molecule has 0 aliphatic rings. The average Bonchev–Trinajstić information content (AvgIpc) is 2.94. The van der Waals surface area contributed by atoms with Gasteiger partial charge in [-0.2, -0.15) is 0 Å². The summed E-state index contributed by atoms with van der Waals surface area (Å²) in [6.07, 6.45) is 0.920. The van der Waals surface area contributed by atoms with Crippen LogP contribution in [-0.4, -0.2) is 15.1 Å². The maximum Gasteiger partial charge on any atom is 0.324 e. The smallest absolute Gasteiger partial charge is 0.324 e. The molecule has 2 aromatic heterocycles. The summed E-state index contributed by atoms with van der Waals surface area (Å²) in [7, 11) is 0. The van der Waals surface area contributed by atoms with Gasteiger partial charge in [0.15, 0.2) is 0 Å². The first-order chi connectivity index (χ1) is 9.04. The van der Waals surface area contributed by atoms with Crippen molar-refractivity contribution in [3.05, 3.63) is 32.1 Å². The van der Waals surface area contributed by atoms with Crippen LogP contribution >= 0.6 is 22.7 Å². The highest BCUT2D eigenvalue weighted by Crippen LogP contribution is 2.24. The van der Waals surface area contributed by atoms with E-state index in [-0.39, 0.29) is 9.92 Å². The summed E-state index contributed by atoms with van der Waals surface area (Å²) in [4.78, 5) is 10.2. The van der Waals surface area contributed by atoms with E-state index in [9.17, 15) is 10.1 Å². The number of rotatable bonds is 6. The van der Waals surface area contributed by atoms with Crippen LogP contribution in [0.3, 0.4) is 0 Å². The van der Waals surface area contributed by atoms with E-state index >= 15 is 0 Å². The van der Waals surface area contributed by atoms with E-state index in [0.717, 1.165) is 33.5 Å². The van der Waals surface area contributed by atoms with Crippen molar-refractivity contribution in [2.75, 3.05) is 5.32 Å². The summed E-state index contributed by atoms with van der Waals surface area (Å²) in [6, 6.07) is 1.58. The highest BCUT2D eigenvalue weighted by molar-refractivity contribution is 7.15. The lowest BCUT2D eigenvalue weighted by molar-refractivity contribution is -0.380. The highest BCUT2D eigenvalue weighted by Gasteiger charge is 2.10. The minimum atomic E-state index is -0.375. The van der Waals surface area contributed by atoms with E-state index < -0.39 is 0 Å². The van der Waals surface area contributed by atoms with Gasteiger partial charge in [0.2, 0.25) is 5.13 Å². The minimum absolute atomic E-state index is 0.162. The first-order valence-corrected chi connectivity index (χ1v) is 7.52. The number of hydrogen-bond donors (Lipinski definition) is 1. The van der Waals surface area contributed by atoms with Crippen LogP contribution in [0.25, 0.3) is 0 Å². The van der Waals surface area contributed by atoms with Gasteiger partial charge in [0.1, 0.15) is 5.01 Å². The number of hydrogen-bond acceptors (Lipinski definition) is 7. The molecule has 0 bridgehead atoms. The van der Waals surface area contributed by atoms with Gasteiger partial charge in [0, 0.05) is 24.4 Å². The predicted octanol–water partition coefficient (Wildman–Crippen LogP) is 3.32. The fourth-order valence-electron chi connectivity index (χ4n) is 1.49. The molecule has 19 heavy (non-hydrogen) atoms. The number of nitro groups is 1. The molecule has 0 aliphatic heterocycles. The lowest BCUT2D eigenvalue weighted by atomic mass is 10.1. The molecule has 0 amide bonds. The van der Waals surface area contributed by atoms with Crippen LogP contribution in [0.4, 0.5) is 10.1 Å². The number of anilines is 1. The predicted molar refractivity (Wildman–Crippen MR) is 76.8 cm³/mol. The Kier molecular flexibility index (Phi) is 4.43. The molecule has 0 aromatic carbocycles. The third-order valence-electron chi connectivity index (χ3n) is 2.31. The van der Waals surface area contributed by atoms with Crippen LogP contribution in [0.2, 0.25) is 0 Å². The van der Waals surface area contributed by atoms with Crippen LogP contribution in [-0.2, 0) is 13.0 Å². The zero-order valence-corrected chi connectivity index (χ0v) is 12.3. The molecule has 0 spiro atoms. The largest absolute Gasteiger partial charge is 0.356 e. The molecule has 2 rings (SSSR count). The Morgan fingerprint density at radius 1 is 1.47 bits per heavy atom. The SMILES string of the molecule is CC(C)Cc1nnc(NCc2csc([N+](=O)[O-])c2)s1. The maximum atomic E-state index is 10.6. The second-order valence-corrected chi connectivity index (χ2v) is 6.45. The van der Waals surface area contributed by atoms with Crippen LogP contribution in [0.15, 0.2) is 11.4 Å². The molecule has 0 atom stereocenters. The van der Waals surface area contributed by atoms with Gasteiger partial charge in [-0.1, -0.05) is 36.5 Å². The van der Waals surface area contributed by atoms with Crippen LogP contribution in [0, 0.1) is 16.0 Å². The first kappa shape index (κ1) is 13.9. The molecular weight excluding hydrogens is 284 g/mol. The molecule has 1 N–H and O–H groups in total. The van der Waals surface area contributed by atoms with Gasteiger partial charge in [0.05, 0.1) is 4.92 Å². The quantitative estimate of drug-likeness (QED) is 0.653. The molecule has 102 valence electrons. The number of nitrogens with one attached hydrogen (secondary N) is 1. The summed E-state index contributed by atoms with van der Waals surface area (Å²) < 4.78 is 0. The molecule has 8 heteroatoms. The van der Waals surface area contributed by atoms with Gasteiger partial charge < -0.3 is 5.32 Å². The van der Waals surface area contributed by atoms with Crippen LogP contribution in [0.5, 0.6) is 0 Å². The first-order valence-electron chi connectivity index (χ1n) is 5.82. The van der Waals surface area contributed by atoms with E-state index in [2.05, 4.69) is 29.4 Å². The van der Waals surface area contributed by atoms with Gasteiger partial charge >= 0.3 is 5.00 Å². The number of thiophene rings is 1. The summed E-state index contributed by atoms with van der Waals surface area (Å²) in [5, 5.41) is 25.6. The van der Waals surface area contributed by atoms with Crippen molar-refractivity contribution >= 4 is 32.8 Å². The molecule has 6 nitrogen and oxygen atoms in total. The van der Waals surface area contributed by atoms with E-state index in [1.165, 1.54) is 11.3 Å². The normalized spacial score (nSPS) is 10.9. The maximum absolute atomic E-state index is 10.6. The van der Waals surface area contributed by atoms with Crippen molar-refractivity contribution in [3.8, 4) is 0 Å². The van der Waals surface area contributed by atoms with E-state index in [1.54, 1.807) is 11.4 Å². The van der Waals surface area contributed by atoms with Crippen molar-refractivity contribution in [2.24, 2.45) is 5.92 Å². The summed E-state index contributed by atoms with van der Waals surface area (Å²) in [6.45, 7) is 4.80. The fraction of sp³-hybridized carbons (Fsp3) is 0.455. The Bertz CT molecular complexity index is 565. The zero-order valence-electron chi connectivity index (χ0n) is 10.6. The fourth-order valence-corrected chi connectivity index (χ4v) is 3.16. The topological polar surface area (TPSA) is 81.0 Å². The molecule has 0 saturated carbocycles. The number of aromatic nitrogens is 2. The summed E-state index contributed by atoms with van der Waals surface area (Å²) in [5.74, 6) is 0.556. The second kappa shape index (κ2) is 6.07. The van der Waals surface area contributed by atoms with E-state index in [4.69, 9.17) is 0 Å². The van der Waals surface area contributed by atoms with Gasteiger partial charge in [-0.3, -0.25) is 10.1 Å². The van der Waals surface area contributed by atoms with Crippen molar-refractivity contribution < 1.29 is 4.92 Å². The highest BCUT2D eigenvalue weighted by atomic mass is 32.1. The van der Waals surface area contributed by atoms with Gasteiger partial charge in [-0.15, -0.1) is 10.2 Å². The Hall–Kier alpha value is -1.54. The third-order valence-corrected chi connectivity index (χ3v) is 4.15. The van der Waals surface area contributed by atoms with Gasteiger partial charge in [-0.05, 0) is 11.5 Å². The van der Waals surface area contributed by atoms with Crippen molar-refractivity contribution in [2.45, 2.75) is 26.8 Å². The van der Waals surface area contributed by atoms with E-state index in [0.29, 0.717) is 12.5 Å². The molecular formula is C11H14N4O2S2. The number of nitrogens with zero attached hydrogens (tertiary/aromatic N) is 3. The molecule has 0 aliphatic carbocycles. The van der Waals surface area contributed by atoms with Crippen LogP contribution < -0.4 is 5.32 Å². The van der Waals surface area contributed by atoms with Gasteiger partial charge in [-0.25, -0.2) is 0 Å². The van der Waals surface area contributed by atoms with Gasteiger partial charge in [0.25, 0.3) is 0 Å². The Morgan fingerprint density at radius 3 is 2.89 bits per heavy atom. The standard InChI is InChI=1S/C11H14N4O2S2/c1-7(2)3-9-13-14-11(19-9)12-5-8-4-10(15(16)17)18-6-8/h4,6-7H,3,5H2,1-2H3,(H,12,14). The molecule has 2 aromatic rings. The Morgan fingerprint density at radius 2 is 2.26 bits per heavy atom. The minimum Gasteiger partial charge on any atom is -0.356 e. The molecule has 0 radical (unpaired) electrons. The van der Waals surface area contributed by atoms with E-state index in [1.807, 2.05) is 0 Å². The Labute approximate surface area is 118 Å². The van der Waals surface area contributed by atoms with Crippen molar-refractivity contribution in [1.29, 1.82) is 0 Å². The molecule has 0 saturated heterocycles. The third kappa shape index (κ3) is 3.97. The Balaban J connectivity index is 1.90. The zero-order chi connectivity index (χ0) is 13.8. The molecule has 0 unspecified atom stereocenters. The van der Waals surface area contributed by atoms with Crippen molar-refractivity contribution in [3.63, 3.8) is 0 Å². The monoisotopic (exact) mass is 298 g/mol. The summed E-state index contributed by atoms with van der Waals surface area (Å²) in [5.41, 5.74) is 0.886. The van der Waals surface area contributed by atoms with Crippen molar-refractivity contribution in [1.82, 2.24) is 10.2 Å².